The van der Waals surface area contributed by atoms with E-state index in [1.54, 1.807) is 19.2 Å². The fourth-order valence-electron chi connectivity index (χ4n) is 2.06. The number of halogens is 4. The average Bonchev–Trinajstić information content (AvgIpc) is 2.41. The minimum Gasteiger partial charge on any atom is -0.313 e. The van der Waals surface area contributed by atoms with Gasteiger partial charge in [-0.05, 0) is 49.4 Å². The molecule has 0 aromatic heterocycles. The van der Waals surface area contributed by atoms with Gasteiger partial charge in [-0.1, -0.05) is 45.2 Å². The molecule has 1 N–H and O–H groups in total. The highest BCUT2D eigenvalue weighted by molar-refractivity contribution is 9.10. The van der Waals surface area contributed by atoms with Crippen LogP contribution in [0.15, 0.2) is 40.9 Å². The highest BCUT2D eigenvalue weighted by atomic mass is 79.9. The summed E-state index contributed by atoms with van der Waals surface area (Å²) >= 11 is 15.5. The molecule has 0 amide bonds. The highest BCUT2D eigenvalue weighted by Crippen LogP contribution is 2.28. The lowest BCUT2D eigenvalue weighted by molar-refractivity contribution is 0.534. The smallest absolute Gasteiger partial charge is 0.128 e. The zero-order chi connectivity index (χ0) is 14.7. The number of benzene rings is 2. The van der Waals surface area contributed by atoms with Crippen LogP contribution in [0, 0.1) is 5.82 Å². The van der Waals surface area contributed by atoms with Crippen LogP contribution in [-0.2, 0) is 6.42 Å². The summed E-state index contributed by atoms with van der Waals surface area (Å²) in [7, 11) is 1.79. The van der Waals surface area contributed by atoms with Crippen molar-refractivity contribution in [3.8, 4) is 0 Å². The maximum Gasteiger partial charge on any atom is 0.128 e. The minimum absolute atomic E-state index is 0.188. The van der Waals surface area contributed by atoms with Crippen LogP contribution in [0.3, 0.4) is 0 Å². The molecule has 2 rings (SSSR count). The number of likely N-dealkylation sites (N-methyl/N-ethyl adjacent to an activating group) is 1. The second kappa shape index (κ2) is 6.90. The van der Waals surface area contributed by atoms with Crippen LogP contribution in [0.4, 0.5) is 4.39 Å². The van der Waals surface area contributed by atoms with E-state index in [0.29, 0.717) is 22.0 Å². The van der Waals surface area contributed by atoms with Crippen LogP contribution in [0.25, 0.3) is 0 Å². The molecule has 1 nitrogen and oxygen atoms in total. The van der Waals surface area contributed by atoms with E-state index in [1.807, 2.05) is 18.2 Å². The van der Waals surface area contributed by atoms with Gasteiger partial charge >= 0.3 is 0 Å². The molecule has 0 heterocycles. The van der Waals surface area contributed by atoms with Crippen LogP contribution in [0.2, 0.25) is 10.0 Å². The van der Waals surface area contributed by atoms with E-state index in [-0.39, 0.29) is 11.9 Å². The first-order valence-corrected chi connectivity index (χ1v) is 7.62. The van der Waals surface area contributed by atoms with Gasteiger partial charge in [0, 0.05) is 26.1 Å². The third-order valence-corrected chi connectivity index (χ3v) is 4.20. The van der Waals surface area contributed by atoms with Gasteiger partial charge in [-0.3, -0.25) is 0 Å². The second-order valence-corrected chi connectivity index (χ2v) is 6.21. The Kier molecular flexibility index (Phi) is 5.44. The SMILES string of the molecule is CNC(Cc1ccc(Br)cc1Cl)c1cc(Cl)ccc1F. The van der Waals surface area contributed by atoms with Crippen molar-refractivity contribution in [3.05, 3.63) is 67.9 Å². The molecular formula is C15H13BrCl2FN. The van der Waals surface area contributed by atoms with Gasteiger partial charge < -0.3 is 5.32 Å². The van der Waals surface area contributed by atoms with Gasteiger partial charge in [0.1, 0.15) is 5.82 Å². The van der Waals surface area contributed by atoms with Crippen LogP contribution in [0.1, 0.15) is 17.2 Å². The molecule has 0 saturated carbocycles. The predicted octanol–water partition coefficient (Wildman–Crippen LogP) is 5.40. The van der Waals surface area contributed by atoms with Gasteiger partial charge in [0.05, 0.1) is 0 Å². The molecular weight excluding hydrogens is 364 g/mol. The standard InChI is InChI=1S/C15H13BrCl2FN/c1-20-15(12-8-11(17)4-5-14(12)19)6-9-2-3-10(16)7-13(9)18/h2-5,7-8,15,20H,6H2,1H3. The maximum atomic E-state index is 13.9. The van der Waals surface area contributed by atoms with Crippen molar-refractivity contribution in [1.82, 2.24) is 5.32 Å². The molecule has 0 aliphatic carbocycles. The Labute approximate surface area is 136 Å². The molecule has 0 bridgehead atoms. The lowest BCUT2D eigenvalue weighted by Gasteiger charge is -2.18. The van der Waals surface area contributed by atoms with E-state index < -0.39 is 0 Å². The van der Waals surface area contributed by atoms with Gasteiger partial charge in [-0.2, -0.15) is 0 Å². The Morgan fingerprint density at radius 2 is 1.95 bits per heavy atom. The van der Waals surface area contributed by atoms with Crippen molar-refractivity contribution in [2.24, 2.45) is 0 Å². The Balaban J connectivity index is 2.31. The Bertz CT molecular complexity index is 619. The van der Waals surface area contributed by atoms with E-state index in [9.17, 15) is 4.39 Å². The van der Waals surface area contributed by atoms with Gasteiger partial charge in [-0.25, -0.2) is 4.39 Å². The summed E-state index contributed by atoms with van der Waals surface area (Å²) in [5.74, 6) is -0.276. The summed E-state index contributed by atoms with van der Waals surface area (Å²) < 4.78 is 14.9. The van der Waals surface area contributed by atoms with Crippen molar-refractivity contribution in [1.29, 1.82) is 0 Å². The van der Waals surface area contributed by atoms with Crippen LogP contribution < -0.4 is 5.32 Å². The fraction of sp³-hybridized carbons (Fsp3) is 0.200. The molecule has 5 heteroatoms. The summed E-state index contributed by atoms with van der Waals surface area (Å²) in [5, 5.41) is 4.28. The number of nitrogens with one attached hydrogen (secondary N) is 1. The number of hydrogen-bond donors (Lipinski definition) is 1. The lowest BCUT2D eigenvalue weighted by Crippen LogP contribution is -2.20. The number of hydrogen-bond acceptors (Lipinski definition) is 1. The predicted molar refractivity (Wildman–Crippen MR) is 86.1 cm³/mol. The van der Waals surface area contributed by atoms with E-state index in [0.717, 1.165) is 10.0 Å². The molecule has 0 radical (unpaired) electrons. The van der Waals surface area contributed by atoms with Gasteiger partial charge in [-0.15, -0.1) is 0 Å². The molecule has 1 unspecified atom stereocenters. The maximum absolute atomic E-state index is 13.9. The number of rotatable bonds is 4. The fourth-order valence-corrected chi connectivity index (χ4v) is 2.99. The van der Waals surface area contributed by atoms with Crippen LogP contribution >= 0.6 is 39.1 Å². The zero-order valence-corrected chi connectivity index (χ0v) is 13.9. The summed E-state index contributed by atoms with van der Waals surface area (Å²) in [6.07, 6.45) is 0.583. The molecule has 106 valence electrons. The first kappa shape index (κ1) is 15.8. The lowest BCUT2D eigenvalue weighted by atomic mass is 9.98. The van der Waals surface area contributed by atoms with Crippen molar-refractivity contribution in [2.75, 3.05) is 7.05 Å². The summed E-state index contributed by atoms with van der Waals surface area (Å²) in [6, 6.07) is 10.1. The zero-order valence-electron chi connectivity index (χ0n) is 10.8. The third kappa shape index (κ3) is 3.73. The van der Waals surface area contributed by atoms with Crippen molar-refractivity contribution < 1.29 is 4.39 Å². The third-order valence-electron chi connectivity index (χ3n) is 3.12. The first-order valence-electron chi connectivity index (χ1n) is 6.07. The van der Waals surface area contributed by atoms with E-state index in [2.05, 4.69) is 21.2 Å². The van der Waals surface area contributed by atoms with Crippen molar-refractivity contribution >= 4 is 39.1 Å². The van der Waals surface area contributed by atoms with Gasteiger partial charge in [0.15, 0.2) is 0 Å². The monoisotopic (exact) mass is 375 g/mol. The molecule has 2 aromatic carbocycles. The molecule has 0 saturated heterocycles. The van der Waals surface area contributed by atoms with Crippen LogP contribution in [0.5, 0.6) is 0 Å². The molecule has 0 aliphatic rings. The van der Waals surface area contributed by atoms with Crippen molar-refractivity contribution in [2.45, 2.75) is 12.5 Å². The largest absolute Gasteiger partial charge is 0.313 e. The molecule has 0 aliphatic heterocycles. The summed E-state index contributed by atoms with van der Waals surface area (Å²) in [6.45, 7) is 0. The molecule has 0 fully saturated rings. The van der Waals surface area contributed by atoms with E-state index in [1.165, 1.54) is 6.07 Å². The minimum atomic E-state index is -0.276. The molecule has 2 aromatic rings. The second-order valence-electron chi connectivity index (χ2n) is 4.45. The average molecular weight is 377 g/mol. The Morgan fingerprint density at radius 3 is 2.60 bits per heavy atom. The topological polar surface area (TPSA) is 12.0 Å². The first-order chi connectivity index (χ1) is 9.51. The summed E-state index contributed by atoms with van der Waals surface area (Å²) in [5.41, 5.74) is 1.49. The Hall–Kier alpha value is -0.610. The highest BCUT2D eigenvalue weighted by Gasteiger charge is 2.16. The molecule has 1 atom stereocenters. The normalized spacial score (nSPS) is 12.4. The van der Waals surface area contributed by atoms with Gasteiger partial charge in [0.25, 0.3) is 0 Å². The summed E-state index contributed by atoms with van der Waals surface area (Å²) in [4.78, 5) is 0. The van der Waals surface area contributed by atoms with Gasteiger partial charge in [0.2, 0.25) is 0 Å². The van der Waals surface area contributed by atoms with Crippen molar-refractivity contribution in [3.63, 3.8) is 0 Å². The molecule has 0 spiro atoms. The Morgan fingerprint density at radius 1 is 1.20 bits per heavy atom. The van der Waals surface area contributed by atoms with E-state index in [4.69, 9.17) is 23.2 Å². The quantitative estimate of drug-likeness (QED) is 0.753. The van der Waals surface area contributed by atoms with Crippen LogP contribution in [-0.4, -0.2) is 7.05 Å². The molecule has 20 heavy (non-hydrogen) atoms. The van der Waals surface area contributed by atoms with E-state index >= 15 is 0 Å².